The molecule has 0 saturated carbocycles. The van der Waals surface area contributed by atoms with E-state index in [2.05, 4.69) is 70.9 Å². The van der Waals surface area contributed by atoms with Crippen LogP contribution < -0.4 is 15.9 Å². The van der Waals surface area contributed by atoms with Gasteiger partial charge in [-0.3, -0.25) is 4.55 Å². The third-order valence-corrected chi connectivity index (χ3v) is 7.86. The van der Waals surface area contributed by atoms with Crippen LogP contribution in [0.25, 0.3) is 0 Å². The Morgan fingerprint density at radius 3 is 1.35 bits per heavy atom. The summed E-state index contributed by atoms with van der Waals surface area (Å²) in [4.78, 5) is -0.175. The molecule has 154 valence electrons. The predicted octanol–water partition coefficient (Wildman–Crippen LogP) is 5.11. The lowest BCUT2D eigenvalue weighted by molar-refractivity contribution is 0.483. The Kier molecular flexibility index (Phi) is 6.33. The molecule has 0 aliphatic rings. The van der Waals surface area contributed by atoms with Crippen LogP contribution in [0.5, 0.6) is 0 Å². The van der Waals surface area contributed by atoms with E-state index in [-0.39, 0.29) is 4.90 Å². The maximum atomic E-state index is 11.1. The molecule has 31 heavy (non-hydrogen) atoms. The highest BCUT2D eigenvalue weighted by molar-refractivity contribution is 7.85. The minimum absolute atomic E-state index is 0.175. The third kappa shape index (κ3) is 5.30. The van der Waals surface area contributed by atoms with Crippen LogP contribution >= 0.6 is 7.92 Å². The van der Waals surface area contributed by atoms with E-state index in [4.69, 9.17) is 4.55 Å². The van der Waals surface area contributed by atoms with Gasteiger partial charge in [0.15, 0.2) is 0 Å². The average Bonchev–Trinajstić information content (AvgIpc) is 2.80. The van der Waals surface area contributed by atoms with Crippen LogP contribution in [-0.4, -0.2) is 13.0 Å². The van der Waals surface area contributed by atoms with Crippen LogP contribution in [0.15, 0.2) is 124 Å². The van der Waals surface area contributed by atoms with Crippen molar-refractivity contribution in [3.05, 3.63) is 109 Å². The highest BCUT2D eigenvalue weighted by Crippen LogP contribution is 2.33. The molecule has 4 aromatic carbocycles. The molecule has 0 saturated heterocycles. The first-order valence-corrected chi connectivity index (χ1v) is 12.3. The fourth-order valence-corrected chi connectivity index (χ4v) is 5.83. The number of hydrogen-bond acceptors (Lipinski definition) is 4. The van der Waals surface area contributed by atoms with E-state index in [1.54, 1.807) is 0 Å². The van der Waals surface area contributed by atoms with Gasteiger partial charge in [-0.2, -0.15) is 18.6 Å². The van der Waals surface area contributed by atoms with Gasteiger partial charge in [0.1, 0.15) is 0 Å². The number of hydrogen-bond donors (Lipinski definition) is 1. The first-order valence-electron chi connectivity index (χ1n) is 9.50. The van der Waals surface area contributed by atoms with Gasteiger partial charge in [-0.05, 0) is 60.2 Å². The summed E-state index contributed by atoms with van der Waals surface area (Å²) in [7, 11) is -4.90. The van der Waals surface area contributed by atoms with Crippen LogP contribution in [0.2, 0.25) is 0 Å². The highest BCUT2D eigenvalue weighted by atomic mass is 32.2. The van der Waals surface area contributed by atoms with E-state index in [1.165, 1.54) is 40.2 Å². The van der Waals surface area contributed by atoms with Crippen LogP contribution in [0, 0.1) is 0 Å². The topological polar surface area (TPSA) is 79.1 Å². The van der Waals surface area contributed by atoms with Crippen molar-refractivity contribution >= 4 is 45.3 Å². The molecule has 4 aromatic rings. The van der Waals surface area contributed by atoms with Crippen molar-refractivity contribution in [1.29, 1.82) is 0 Å². The fraction of sp³-hybridized carbons (Fsp3) is 0. The van der Waals surface area contributed by atoms with Crippen molar-refractivity contribution in [2.45, 2.75) is 4.90 Å². The molecule has 0 fully saturated rings. The Morgan fingerprint density at radius 1 is 0.548 bits per heavy atom. The molecule has 4 rings (SSSR count). The monoisotopic (exact) mass is 446 g/mol. The van der Waals surface area contributed by atoms with Gasteiger partial charge in [0.25, 0.3) is 10.1 Å². The molecule has 0 aliphatic heterocycles. The number of nitrogens with zero attached hydrogens (tertiary/aromatic N) is 2. The van der Waals surface area contributed by atoms with E-state index in [1.807, 2.05) is 24.3 Å². The molecule has 0 aliphatic carbocycles. The van der Waals surface area contributed by atoms with Gasteiger partial charge in [-0.25, -0.2) is 0 Å². The van der Waals surface area contributed by atoms with E-state index < -0.39 is 18.0 Å². The summed E-state index contributed by atoms with van der Waals surface area (Å²) >= 11 is 0. The largest absolute Gasteiger partial charge is 0.294 e. The van der Waals surface area contributed by atoms with Crippen molar-refractivity contribution in [2.24, 2.45) is 10.2 Å². The number of azo groups is 1. The molecule has 0 spiro atoms. The Hall–Kier alpha value is -3.18. The van der Waals surface area contributed by atoms with Gasteiger partial charge in [0.2, 0.25) is 0 Å². The van der Waals surface area contributed by atoms with Crippen molar-refractivity contribution < 1.29 is 13.0 Å². The fourth-order valence-electron chi connectivity index (χ4n) is 3.07. The predicted molar refractivity (Wildman–Crippen MR) is 126 cm³/mol. The van der Waals surface area contributed by atoms with Gasteiger partial charge >= 0.3 is 0 Å². The van der Waals surface area contributed by atoms with Gasteiger partial charge in [0, 0.05) is 0 Å². The van der Waals surface area contributed by atoms with Crippen molar-refractivity contribution in [3.63, 3.8) is 0 Å². The van der Waals surface area contributed by atoms with E-state index in [9.17, 15) is 8.42 Å². The molecule has 0 radical (unpaired) electrons. The zero-order valence-corrected chi connectivity index (χ0v) is 18.1. The maximum Gasteiger partial charge on any atom is 0.294 e. The zero-order chi connectivity index (χ0) is 21.7. The summed E-state index contributed by atoms with van der Waals surface area (Å²) in [6, 6.07) is 34.5. The molecule has 0 bridgehead atoms. The van der Waals surface area contributed by atoms with Crippen LogP contribution in [-0.2, 0) is 10.1 Å². The summed E-state index contributed by atoms with van der Waals surface area (Å²) in [5.74, 6) is 0. The van der Waals surface area contributed by atoms with E-state index >= 15 is 0 Å². The first-order chi connectivity index (χ1) is 15.0. The minimum Gasteiger partial charge on any atom is -0.282 e. The summed E-state index contributed by atoms with van der Waals surface area (Å²) < 4.78 is 31.3. The Balaban J connectivity index is 1.58. The van der Waals surface area contributed by atoms with Crippen molar-refractivity contribution in [2.75, 3.05) is 0 Å². The molecule has 1 N–H and O–H groups in total. The Bertz CT molecular complexity index is 1240. The smallest absolute Gasteiger partial charge is 0.282 e. The van der Waals surface area contributed by atoms with Gasteiger partial charge in [-0.1, -0.05) is 72.8 Å². The van der Waals surface area contributed by atoms with Crippen LogP contribution in [0.3, 0.4) is 0 Å². The Labute approximate surface area is 182 Å². The van der Waals surface area contributed by atoms with Crippen LogP contribution in [0.4, 0.5) is 11.4 Å². The second-order valence-electron chi connectivity index (χ2n) is 6.69. The quantitative estimate of drug-likeness (QED) is 0.254. The molecule has 0 atom stereocenters. The second kappa shape index (κ2) is 9.31. The Morgan fingerprint density at radius 2 is 0.935 bits per heavy atom. The third-order valence-electron chi connectivity index (χ3n) is 4.55. The van der Waals surface area contributed by atoms with Gasteiger partial charge < -0.3 is 0 Å². The molecular weight excluding hydrogens is 427 g/mol. The van der Waals surface area contributed by atoms with Gasteiger partial charge in [0.05, 0.1) is 16.3 Å². The summed E-state index contributed by atoms with van der Waals surface area (Å²) in [5.41, 5.74) is 1.19. The normalized spacial score (nSPS) is 11.8. The summed E-state index contributed by atoms with van der Waals surface area (Å²) in [5, 5.41) is 12.1. The molecule has 0 heterocycles. The second-order valence-corrected chi connectivity index (χ2v) is 10.3. The van der Waals surface area contributed by atoms with Crippen LogP contribution in [0.1, 0.15) is 0 Å². The lowest BCUT2D eigenvalue weighted by Gasteiger charge is -2.19. The van der Waals surface area contributed by atoms with Crippen molar-refractivity contribution in [1.82, 2.24) is 0 Å². The first kappa shape index (κ1) is 21.1. The maximum absolute atomic E-state index is 11.1. The van der Waals surface area contributed by atoms with Crippen molar-refractivity contribution in [3.8, 4) is 0 Å². The number of benzene rings is 4. The number of rotatable bonds is 6. The van der Waals surface area contributed by atoms with E-state index in [0.29, 0.717) is 11.4 Å². The molecule has 7 heteroatoms. The SMILES string of the molecule is O=S(=O)(O)c1ccc(N=Nc2ccc(P(c3ccccc3)c3ccccc3)cc2)cc1. The lowest BCUT2D eigenvalue weighted by Crippen LogP contribution is -2.20. The molecular formula is C24H19N2O3PS. The summed E-state index contributed by atoms with van der Waals surface area (Å²) in [6.07, 6.45) is 0. The molecule has 0 aromatic heterocycles. The standard InChI is InChI=1S/C24H19N2O3PS/c27-31(28,29)24-17-13-20(14-18-24)26-25-19-11-15-23(16-12-19)30(21-7-3-1-4-8-21)22-9-5-2-6-10-22/h1-18H,(H,27,28,29). The lowest BCUT2D eigenvalue weighted by atomic mass is 10.3. The summed E-state index contributed by atoms with van der Waals surface area (Å²) in [6.45, 7) is 0. The molecule has 0 amide bonds. The average molecular weight is 446 g/mol. The molecule has 0 unspecified atom stereocenters. The zero-order valence-electron chi connectivity index (χ0n) is 16.4. The van der Waals surface area contributed by atoms with E-state index in [0.717, 1.165) is 0 Å². The minimum atomic E-state index is -4.22. The molecule has 5 nitrogen and oxygen atoms in total. The highest BCUT2D eigenvalue weighted by Gasteiger charge is 2.15. The van der Waals surface area contributed by atoms with Gasteiger partial charge in [-0.15, -0.1) is 0 Å².